The van der Waals surface area contributed by atoms with E-state index in [1.807, 2.05) is 48.9 Å². The maximum Gasteiger partial charge on any atom is 0.275 e. The van der Waals surface area contributed by atoms with E-state index in [2.05, 4.69) is 30.7 Å². The second kappa shape index (κ2) is 9.62. The van der Waals surface area contributed by atoms with Crippen molar-refractivity contribution in [2.45, 2.75) is 25.9 Å². The maximum atomic E-state index is 12.6. The van der Waals surface area contributed by atoms with Crippen LogP contribution >= 0.6 is 0 Å². The summed E-state index contributed by atoms with van der Waals surface area (Å²) in [4.78, 5) is 25.9. The monoisotopic (exact) mass is 486 g/mol. The van der Waals surface area contributed by atoms with Crippen LogP contribution in [0.15, 0.2) is 70.4 Å². The van der Waals surface area contributed by atoms with Crippen LogP contribution in [0.2, 0.25) is 0 Å². The number of fused-ring (bicyclic) bond motifs is 1. The van der Waals surface area contributed by atoms with Crippen molar-refractivity contribution in [2.75, 3.05) is 17.2 Å². The summed E-state index contributed by atoms with van der Waals surface area (Å²) < 4.78 is 8.69. The van der Waals surface area contributed by atoms with Gasteiger partial charge in [-0.05, 0) is 31.5 Å². The van der Waals surface area contributed by atoms with E-state index in [-0.39, 0.29) is 24.2 Å². The van der Waals surface area contributed by atoms with Crippen molar-refractivity contribution in [2.24, 2.45) is 7.05 Å². The molecule has 4 heterocycles. The standard InChI is InChI=1S/C25H26N8O3/c1-15(2)33-23-17(25(35)32(33)3)9-10-21(31-23)30-22-11-19(18(12-26-22)24-27-14-28-36-24)29-20(13-34)16-7-5-4-6-8-16/h4-12,14-15,20,34H,13H2,1-3H3,(H2,26,29,30,31)/t20-/m1/s1. The fourth-order valence-electron chi connectivity index (χ4n) is 4.21. The highest BCUT2D eigenvalue weighted by Gasteiger charge is 2.18. The highest BCUT2D eigenvalue weighted by molar-refractivity contribution is 5.79. The lowest BCUT2D eigenvalue weighted by Gasteiger charge is -2.20. The number of rotatable bonds is 8. The molecule has 0 saturated carbocycles. The number of aliphatic hydroxyl groups excluding tert-OH is 1. The fraction of sp³-hybridized carbons (Fsp3) is 0.240. The minimum atomic E-state index is -0.373. The third-order valence-corrected chi connectivity index (χ3v) is 5.89. The quantitative estimate of drug-likeness (QED) is 0.300. The molecule has 5 aromatic rings. The molecular formula is C25H26N8O3. The third kappa shape index (κ3) is 4.31. The van der Waals surface area contributed by atoms with Gasteiger partial charge in [-0.2, -0.15) is 4.98 Å². The summed E-state index contributed by atoms with van der Waals surface area (Å²) in [5.41, 5.74) is 2.65. The molecule has 11 heteroatoms. The molecule has 184 valence electrons. The molecule has 0 aliphatic rings. The summed E-state index contributed by atoms with van der Waals surface area (Å²) in [5, 5.41) is 20.9. The van der Waals surface area contributed by atoms with Gasteiger partial charge in [0, 0.05) is 25.4 Å². The minimum absolute atomic E-state index is 0.0546. The molecule has 0 saturated heterocycles. The topological polar surface area (TPSA) is 136 Å². The molecule has 0 bridgehead atoms. The number of nitrogens with one attached hydrogen (secondary N) is 2. The zero-order chi connectivity index (χ0) is 25.2. The Labute approximate surface area is 206 Å². The smallest absolute Gasteiger partial charge is 0.275 e. The van der Waals surface area contributed by atoms with Gasteiger partial charge in [0.2, 0.25) is 0 Å². The predicted molar refractivity (Wildman–Crippen MR) is 136 cm³/mol. The lowest BCUT2D eigenvalue weighted by atomic mass is 10.1. The van der Waals surface area contributed by atoms with E-state index in [1.54, 1.807) is 36.1 Å². The van der Waals surface area contributed by atoms with Crippen LogP contribution in [-0.4, -0.2) is 41.2 Å². The molecule has 0 aliphatic carbocycles. The van der Waals surface area contributed by atoms with Crippen LogP contribution in [0.5, 0.6) is 0 Å². The Bertz CT molecular complexity index is 1540. The number of aliphatic hydroxyl groups is 1. The molecule has 0 unspecified atom stereocenters. The minimum Gasteiger partial charge on any atom is -0.394 e. The average molecular weight is 487 g/mol. The first-order valence-corrected chi connectivity index (χ1v) is 11.5. The molecular weight excluding hydrogens is 460 g/mol. The Morgan fingerprint density at radius 2 is 1.89 bits per heavy atom. The molecule has 0 radical (unpaired) electrons. The molecule has 1 aromatic carbocycles. The van der Waals surface area contributed by atoms with Crippen molar-refractivity contribution in [1.29, 1.82) is 0 Å². The average Bonchev–Trinajstić information content (AvgIpc) is 3.50. The Hall–Kier alpha value is -4.51. The summed E-state index contributed by atoms with van der Waals surface area (Å²) in [5.74, 6) is 1.34. The van der Waals surface area contributed by atoms with Crippen LogP contribution in [-0.2, 0) is 7.05 Å². The molecule has 11 nitrogen and oxygen atoms in total. The van der Waals surface area contributed by atoms with Crippen molar-refractivity contribution < 1.29 is 9.63 Å². The first kappa shape index (κ1) is 23.2. The van der Waals surface area contributed by atoms with Crippen LogP contribution in [0, 0.1) is 0 Å². The molecule has 0 spiro atoms. The SMILES string of the molecule is CC(C)n1c2nc(Nc3cc(N[C@H](CO)c4ccccc4)c(-c4ncno4)cn3)ccc2c(=O)n1C. The van der Waals surface area contributed by atoms with Crippen molar-refractivity contribution in [3.63, 3.8) is 0 Å². The second-order valence-electron chi connectivity index (χ2n) is 8.61. The lowest BCUT2D eigenvalue weighted by molar-refractivity contribution is 0.276. The van der Waals surface area contributed by atoms with Gasteiger partial charge in [0.25, 0.3) is 11.4 Å². The molecule has 0 amide bonds. The number of hydrogen-bond acceptors (Lipinski definition) is 9. The molecule has 0 fully saturated rings. The predicted octanol–water partition coefficient (Wildman–Crippen LogP) is 3.65. The van der Waals surface area contributed by atoms with Gasteiger partial charge in [-0.15, -0.1) is 0 Å². The van der Waals surface area contributed by atoms with Gasteiger partial charge >= 0.3 is 0 Å². The van der Waals surface area contributed by atoms with Gasteiger partial charge in [0.05, 0.1) is 29.3 Å². The van der Waals surface area contributed by atoms with Crippen molar-refractivity contribution in [3.8, 4) is 11.5 Å². The summed E-state index contributed by atoms with van der Waals surface area (Å²) in [6.45, 7) is 3.87. The van der Waals surface area contributed by atoms with Gasteiger partial charge in [-0.25, -0.2) is 9.97 Å². The van der Waals surface area contributed by atoms with E-state index < -0.39 is 0 Å². The number of pyridine rings is 2. The number of anilines is 3. The number of nitrogens with zero attached hydrogens (tertiary/aromatic N) is 6. The van der Waals surface area contributed by atoms with E-state index in [9.17, 15) is 9.90 Å². The largest absolute Gasteiger partial charge is 0.394 e. The van der Waals surface area contributed by atoms with Gasteiger partial charge in [0.1, 0.15) is 11.6 Å². The number of benzene rings is 1. The van der Waals surface area contributed by atoms with Crippen molar-refractivity contribution in [3.05, 3.63) is 77.0 Å². The zero-order valence-corrected chi connectivity index (χ0v) is 20.1. The van der Waals surface area contributed by atoms with Gasteiger partial charge in [-0.3, -0.25) is 14.2 Å². The lowest BCUT2D eigenvalue weighted by Crippen LogP contribution is -2.20. The van der Waals surface area contributed by atoms with Crippen LogP contribution < -0.4 is 16.2 Å². The highest BCUT2D eigenvalue weighted by Crippen LogP contribution is 2.31. The van der Waals surface area contributed by atoms with E-state index in [4.69, 9.17) is 4.52 Å². The first-order valence-electron chi connectivity index (χ1n) is 11.5. The van der Waals surface area contributed by atoms with Gasteiger partial charge in [-0.1, -0.05) is 35.5 Å². The summed E-state index contributed by atoms with van der Waals surface area (Å²) in [6, 6.07) is 14.6. The summed E-state index contributed by atoms with van der Waals surface area (Å²) >= 11 is 0. The molecule has 4 aromatic heterocycles. The Morgan fingerprint density at radius 1 is 1.08 bits per heavy atom. The Kier molecular flexibility index (Phi) is 6.21. The highest BCUT2D eigenvalue weighted by atomic mass is 16.5. The molecule has 3 N–H and O–H groups in total. The summed E-state index contributed by atoms with van der Waals surface area (Å²) in [6.07, 6.45) is 2.93. The van der Waals surface area contributed by atoms with Gasteiger partial charge in [0.15, 0.2) is 12.0 Å². The number of aromatic nitrogens is 6. The molecule has 1 atom stereocenters. The first-order chi connectivity index (χ1) is 17.5. The van der Waals surface area contributed by atoms with Crippen LogP contribution in [0.4, 0.5) is 17.3 Å². The van der Waals surface area contributed by atoms with Crippen LogP contribution in [0.1, 0.15) is 31.5 Å². The fourth-order valence-corrected chi connectivity index (χ4v) is 4.21. The van der Waals surface area contributed by atoms with Crippen LogP contribution in [0.3, 0.4) is 0 Å². The summed E-state index contributed by atoms with van der Waals surface area (Å²) in [7, 11) is 1.73. The third-order valence-electron chi connectivity index (χ3n) is 5.89. The van der Waals surface area contributed by atoms with Crippen molar-refractivity contribution in [1.82, 2.24) is 29.5 Å². The maximum absolute atomic E-state index is 12.6. The van der Waals surface area contributed by atoms with Crippen LogP contribution in [0.25, 0.3) is 22.5 Å². The second-order valence-corrected chi connectivity index (χ2v) is 8.61. The molecule has 5 rings (SSSR count). The van der Waals surface area contributed by atoms with E-state index in [0.29, 0.717) is 39.8 Å². The zero-order valence-electron chi connectivity index (χ0n) is 20.1. The van der Waals surface area contributed by atoms with E-state index >= 15 is 0 Å². The van der Waals surface area contributed by atoms with E-state index in [0.717, 1.165) is 5.56 Å². The Morgan fingerprint density at radius 3 is 2.58 bits per heavy atom. The number of hydrogen-bond donors (Lipinski definition) is 3. The molecule has 36 heavy (non-hydrogen) atoms. The normalized spacial score (nSPS) is 12.2. The Balaban J connectivity index is 1.52. The van der Waals surface area contributed by atoms with Gasteiger partial charge < -0.3 is 20.3 Å². The van der Waals surface area contributed by atoms with E-state index in [1.165, 1.54) is 6.33 Å². The molecule has 0 aliphatic heterocycles. The van der Waals surface area contributed by atoms with Crippen molar-refractivity contribution >= 4 is 28.4 Å².